The molecule has 2 nitrogen and oxygen atoms in total. The summed E-state index contributed by atoms with van der Waals surface area (Å²) in [5, 5.41) is 0. The van der Waals surface area contributed by atoms with Crippen LogP contribution in [0.5, 0.6) is 11.5 Å². The van der Waals surface area contributed by atoms with Crippen molar-refractivity contribution in [3.8, 4) is 11.5 Å². The fourth-order valence-corrected chi connectivity index (χ4v) is 3.55. The van der Waals surface area contributed by atoms with E-state index in [0.717, 1.165) is 36.0 Å². The van der Waals surface area contributed by atoms with Gasteiger partial charge in [0.25, 0.3) is 0 Å². The number of allylic oxidation sites excluding steroid dienone is 1. The molecule has 1 aromatic carbocycles. The number of methoxy groups -OCH3 is 1. The van der Waals surface area contributed by atoms with Crippen molar-refractivity contribution in [2.24, 2.45) is 23.2 Å². The molecule has 0 heterocycles. The van der Waals surface area contributed by atoms with Gasteiger partial charge in [0.05, 0.1) is 13.7 Å². The molecule has 0 saturated heterocycles. The summed E-state index contributed by atoms with van der Waals surface area (Å²) in [5.74, 6) is 3.90. The van der Waals surface area contributed by atoms with E-state index in [2.05, 4.69) is 93.5 Å². The smallest absolute Gasteiger partial charge is 0.126 e. The van der Waals surface area contributed by atoms with Gasteiger partial charge in [0.1, 0.15) is 11.5 Å². The van der Waals surface area contributed by atoms with Gasteiger partial charge < -0.3 is 9.47 Å². The second kappa shape index (κ2) is 12.0. The minimum absolute atomic E-state index is 0.00222. The average Bonchev–Trinajstić information content (AvgIpc) is 2.65. The maximum atomic E-state index is 6.45. The van der Waals surface area contributed by atoms with Crippen LogP contribution in [0.4, 0.5) is 0 Å². The molecule has 1 rings (SSSR count). The molecule has 0 aliphatic rings. The monoisotopic (exact) mass is 430 g/mol. The zero-order valence-electron chi connectivity index (χ0n) is 22.4. The second-order valence-corrected chi connectivity index (χ2v) is 11.7. The average molecular weight is 431 g/mol. The van der Waals surface area contributed by atoms with E-state index in [0.29, 0.717) is 11.8 Å². The Labute approximate surface area is 193 Å². The molecule has 0 aliphatic heterocycles. The van der Waals surface area contributed by atoms with Crippen LogP contribution in [0.25, 0.3) is 6.08 Å². The van der Waals surface area contributed by atoms with E-state index >= 15 is 0 Å². The van der Waals surface area contributed by atoms with Crippen molar-refractivity contribution >= 4 is 6.08 Å². The van der Waals surface area contributed by atoms with Gasteiger partial charge in [-0.1, -0.05) is 101 Å². The minimum Gasteiger partial charge on any atom is -0.496 e. The molecule has 0 N–H and O–H groups in total. The van der Waals surface area contributed by atoms with Gasteiger partial charge in [-0.25, -0.2) is 0 Å². The number of hydrogen-bond acceptors (Lipinski definition) is 2. The quantitative estimate of drug-likeness (QED) is 0.329. The zero-order valence-corrected chi connectivity index (χ0v) is 22.4. The topological polar surface area (TPSA) is 18.5 Å². The summed E-state index contributed by atoms with van der Waals surface area (Å²) in [6.45, 7) is 23.5. The van der Waals surface area contributed by atoms with E-state index in [1.54, 1.807) is 7.11 Å². The van der Waals surface area contributed by atoms with Crippen LogP contribution in [0.1, 0.15) is 106 Å². The predicted molar refractivity (Wildman–Crippen MR) is 137 cm³/mol. The van der Waals surface area contributed by atoms with Crippen molar-refractivity contribution in [1.29, 1.82) is 0 Å². The van der Waals surface area contributed by atoms with E-state index in [-0.39, 0.29) is 10.8 Å². The molecule has 0 aromatic heterocycles. The lowest BCUT2D eigenvalue weighted by Gasteiger charge is -2.32. The normalized spacial score (nSPS) is 14.0. The summed E-state index contributed by atoms with van der Waals surface area (Å²) >= 11 is 0. The van der Waals surface area contributed by atoms with Gasteiger partial charge >= 0.3 is 0 Å². The molecule has 178 valence electrons. The van der Waals surface area contributed by atoms with Gasteiger partial charge in [0.2, 0.25) is 0 Å². The maximum Gasteiger partial charge on any atom is 0.126 e. The molecule has 0 aliphatic carbocycles. The molecular formula is C29H50O2. The van der Waals surface area contributed by atoms with Crippen molar-refractivity contribution in [2.75, 3.05) is 13.7 Å². The van der Waals surface area contributed by atoms with Crippen LogP contribution in [0.2, 0.25) is 0 Å². The molecule has 0 bridgehead atoms. The van der Waals surface area contributed by atoms with Crippen LogP contribution in [0.15, 0.2) is 18.2 Å². The van der Waals surface area contributed by atoms with E-state index in [1.165, 1.54) is 24.8 Å². The highest BCUT2D eigenvalue weighted by molar-refractivity contribution is 5.63. The van der Waals surface area contributed by atoms with E-state index in [9.17, 15) is 0 Å². The summed E-state index contributed by atoms with van der Waals surface area (Å²) in [7, 11) is 1.76. The summed E-state index contributed by atoms with van der Waals surface area (Å²) in [5.41, 5.74) is 2.44. The summed E-state index contributed by atoms with van der Waals surface area (Å²) < 4.78 is 12.2. The molecule has 0 spiro atoms. The summed E-state index contributed by atoms with van der Waals surface area (Å²) in [4.78, 5) is 0. The Hall–Kier alpha value is -1.44. The highest BCUT2D eigenvalue weighted by Gasteiger charge is 2.29. The fraction of sp³-hybridized carbons (Fsp3) is 0.724. The molecule has 1 unspecified atom stereocenters. The molecule has 31 heavy (non-hydrogen) atoms. The molecule has 1 aromatic rings. The first-order valence-electron chi connectivity index (χ1n) is 12.3. The maximum absolute atomic E-state index is 6.45. The third kappa shape index (κ3) is 9.29. The molecule has 1 atom stereocenters. The first-order valence-corrected chi connectivity index (χ1v) is 12.3. The largest absolute Gasteiger partial charge is 0.496 e. The van der Waals surface area contributed by atoms with E-state index < -0.39 is 0 Å². The molecule has 2 heteroatoms. The van der Waals surface area contributed by atoms with Crippen LogP contribution in [0, 0.1) is 23.2 Å². The van der Waals surface area contributed by atoms with Crippen LogP contribution < -0.4 is 9.47 Å². The van der Waals surface area contributed by atoms with Gasteiger partial charge in [-0.3, -0.25) is 0 Å². The van der Waals surface area contributed by atoms with Crippen molar-refractivity contribution < 1.29 is 9.47 Å². The summed E-state index contributed by atoms with van der Waals surface area (Å²) in [6.07, 6.45) is 9.42. The van der Waals surface area contributed by atoms with E-state index in [4.69, 9.17) is 9.47 Å². The van der Waals surface area contributed by atoms with Gasteiger partial charge in [0.15, 0.2) is 0 Å². The SMILES string of the molecule is COc1cc(C(C)(C)C(C)C)c(OCCC(C)CCCC(C)C)cc1/C=C/C(C)(C)C. The Kier molecular flexibility index (Phi) is 10.7. The van der Waals surface area contributed by atoms with Crippen LogP contribution in [-0.4, -0.2) is 13.7 Å². The first-order chi connectivity index (χ1) is 14.3. The number of ether oxygens (including phenoxy) is 2. The molecule has 0 amide bonds. The Morgan fingerprint density at radius 3 is 2.03 bits per heavy atom. The van der Waals surface area contributed by atoms with Crippen LogP contribution >= 0.6 is 0 Å². The molecule has 0 radical (unpaired) electrons. The summed E-state index contributed by atoms with van der Waals surface area (Å²) in [6, 6.07) is 4.38. The standard InChI is InChI=1S/C29H50O2/c1-21(2)13-12-14-23(5)16-18-31-27-19-24(15-17-28(6,7)8)26(30-11)20-25(27)29(9,10)22(3)4/h15,17,19-23H,12-14,16,18H2,1-11H3/b17-15+. The Balaban J connectivity index is 3.12. The zero-order chi connectivity index (χ0) is 23.8. The molecular weight excluding hydrogens is 380 g/mol. The first kappa shape index (κ1) is 27.6. The third-order valence-corrected chi connectivity index (χ3v) is 6.58. The highest BCUT2D eigenvalue weighted by atomic mass is 16.5. The van der Waals surface area contributed by atoms with Crippen molar-refractivity contribution in [3.05, 3.63) is 29.3 Å². The van der Waals surface area contributed by atoms with Gasteiger partial charge in [0, 0.05) is 11.1 Å². The Bertz CT molecular complexity index is 689. The van der Waals surface area contributed by atoms with Gasteiger partial charge in [-0.15, -0.1) is 0 Å². The van der Waals surface area contributed by atoms with Crippen molar-refractivity contribution in [3.63, 3.8) is 0 Å². The molecule has 0 fully saturated rings. The lowest BCUT2D eigenvalue weighted by molar-refractivity contribution is 0.262. The number of rotatable bonds is 12. The molecule has 0 saturated carbocycles. The fourth-order valence-electron chi connectivity index (χ4n) is 3.55. The van der Waals surface area contributed by atoms with Gasteiger partial charge in [-0.05, 0) is 47.1 Å². The van der Waals surface area contributed by atoms with Crippen molar-refractivity contribution in [1.82, 2.24) is 0 Å². The van der Waals surface area contributed by atoms with Gasteiger partial charge in [-0.2, -0.15) is 0 Å². The van der Waals surface area contributed by atoms with E-state index in [1.807, 2.05) is 0 Å². The third-order valence-electron chi connectivity index (χ3n) is 6.58. The predicted octanol–water partition coefficient (Wildman–Crippen LogP) is 8.92. The Morgan fingerprint density at radius 2 is 1.52 bits per heavy atom. The lowest BCUT2D eigenvalue weighted by Crippen LogP contribution is -2.25. The van der Waals surface area contributed by atoms with Crippen LogP contribution in [0.3, 0.4) is 0 Å². The second-order valence-electron chi connectivity index (χ2n) is 11.7. The Morgan fingerprint density at radius 1 is 0.871 bits per heavy atom. The highest BCUT2D eigenvalue weighted by Crippen LogP contribution is 2.41. The number of hydrogen-bond donors (Lipinski definition) is 0. The number of benzene rings is 1. The van der Waals surface area contributed by atoms with Crippen molar-refractivity contribution in [2.45, 2.75) is 100 Å². The minimum atomic E-state index is -0.00222. The lowest BCUT2D eigenvalue weighted by atomic mass is 9.74. The van der Waals surface area contributed by atoms with Crippen LogP contribution in [-0.2, 0) is 5.41 Å².